The third kappa shape index (κ3) is 5.06. The van der Waals surface area contributed by atoms with Crippen LogP contribution in [0.2, 0.25) is 0 Å². The first-order chi connectivity index (χ1) is 11.0. The van der Waals surface area contributed by atoms with Crippen molar-refractivity contribution in [3.05, 3.63) is 11.7 Å². The van der Waals surface area contributed by atoms with Gasteiger partial charge in [-0.25, -0.2) is 0 Å². The molecule has 1 aliphatic heterocycles. The zero-order valence-electron chi connectivity index (χ0n) is 15.5. The summed E-state index contributed by atoms with van der Waals surface area (Å²) in [5.74, 6) is 1.49. The summed E-state index contributed by atoms with van der Waals surface area (Å²) in [4.78, 5) is 21.4. The predicted molar refractivity (Wildman–Crippen MR) is 102 cm³/mol. The van der Waals surface area contributed by atoms with Crippen LogP contribution in [-0.2, 0) is 4.79 Å². The van der Waals surface area contributed by atoms with Crippen LogP contribution in [0.3, 0.4) is 0 Å². The number of rotatable bonds is 6. The predicted octanol–water partition coefficient (Wildman–Crippen LogP) is 2.19. The molecule has 1 aromatic heterocycles. The summed E-state index contributed by atoms with van der Waals surface area (Å²) in [6.07, 6.45) is 1.58. The number of hydrogen-bond acceptors (Lipinski definition) is 6. The molecule has 2 rings (SSSR count). The number of nitrogens with two attached hydrogens (primary N) is 1. The highest BCUT2D eigenvalue weighted by Gasteiger charge is 2.38. The zero-order chi connectivity index (χ0) is 17.0. The molecule has 2 heterocycles. The number of piperazine rings is 1. The molecule has 1 fully saturated rings. The zero-order valence-corrected chi connectivity index (χ0v) is 17.2. The maximum atomic E-state index is 12.8. The van der Waals surface area contributed by atoms with E-state index in [-0.39, 0.29) is 36.8 Å². The van der Waals surface area contributed by atoms with E-state index in [0.717, 1.165) is 39.0 Å². The van der Waals surface area contributed by atoms with Crippen molar-refractivity contribution >= 4 is 30.7 Å². The number of halogens is 2. The van der Waals surface area contributed by atoms with E-state index in [9.17, 15) is 4.79 Å². The summed E-state index contributed by atoms with van der Waals surface area (Å²) in [6.45, 7) is 11.4. The topological polar surface area (TPSA) is 88.5 Å². The number of aryl methyl sites for hydroxylation is 1. The normalized spacial score (nSPS) is 16.8. The lowest BCUT2D eigenvalue weighted by Crippen LogP contribution is -2.55. The molecule has 0 radical (unpaired) electrons. The Balaban J connectivity index is 0.00000288. The third-order valence-corrected chi connectivity index (χ3v) is 5.25. The minimum atomic E-state index is -0.405. The fourth-order valence-electron chi connectivity index (χ4n) is 3.22. The number of carbonyl (C=O) groups excluding carboxylic acids is 1. The van der Waals surface area contributed by atoms with Crippen molar-refractivity contribution in [2.75, 3.05) is 32.7 Å². The molecule has 146 valence electrons. The second kappa shape index (κ2) is 10.3. The van der Waals surface area contributed by atoms with Gasteiger partial charge in [-0.05, 0) is 26.7 Å². The molecule has 1 atom stereocenters. The fraction of sp³-hybridized carbons (Fsp3) is 0.812. The molecule has 2 N–H and O–H groups in total. The van der Waals surface area contributed by atoms with Crippen LogP contribution in [0.4, 0.5) is 0 Å². The van der Waals surface area contributed by atoms with Crippen molar-refractivity contribution < 1.29 is 9.32 Å². The van der Waals surface area contributed by atoms with Crippen LogP contribution >= 0.6 is 24.8 Å². The van der Waals surface area contributed by atoms with Crippen LogP contribution in [0.15, 0.2) is 4.52 Å². The van der Waals surface area contributed by atoms with Gasteiger partial charge in [-0.2, -0.15) is 4.98 Å². The number of aromatic nitrogens is 2. The molecule has 0 aromatic carbocycles. The van der Waals surface area contributed by atoms with Gasteiger partial charge in [0.15, 0.2) is 5.82 Å². The van der Waals surface area contributed by atoms with Crippen LogP contribution in [-0.4, -0.2) is 58.6 Å². The van der Waals surface area contributed by atoms with E-state index >= 15 is 0 Å². The molecule has 0 bridgehead atoms. The van der Waals surface area contributed by atoms with Crippen LogP contribution in [0.5, 0.6) is 0 Å². The summed E-state index contributed by atoms with van der Waals surface area (Å²) in [5.41, 5.74) is 5.50. The maximum absolute atomic E-state index is 12.8. The smallest absolute Gasteiger partial charge is 0.243 e. The van der Waals surface area contributed by atoms with E-state index in [0.29, 0.717) is 18.3 Å². The number of nitrogens with zero attached hydrogens (tertiary/aromatic N) is 4. The summed E-state index contributed by atoms with van der Waals surface area (Å²) in [7, 11) is 0. The lowest BCUT2D eigenvalue weighted by atomic mass is 9.80. The van der Waals surface area contributed by atoms with Crippen LogP contribution in [0.1, 0.15) is 51.4 Å². The Morgan fingerprint density at radius 1 is 1.24 bits per heavy atom. The van der Waals surface area contributed by atoms with Gasteiger partial charge in [0.25, 0.3) is 0 Å². The fourth-order valence-corrected chi connectivity index (χ4v) is 3.22. The van der Waals surface area contributed by atoms with Gasteiger partial charge in [0.2, 0.25) is 11.8 Å². The molecule has 9 heteroatoms. The SMILES string of the molecule is CCC(CC)(CN)C(=O)N1CCN(C(C)c2nc(C)no2)CC1.Cl.Cl. The molecule has 25 heavy (non-hydrogen) atoms. The van der Waals surface area contributed by atoms with Gasteiger partial charge in [0.05, 0.1) is 11.5 Å². The van der Waals surface area contributed by atoms with E-state index < -0.39 is 5.41 Å². The van der Waals surface area contributed by atoms with Crippen molar-refractivity contribution in [3.8, 4) is 0 Å². The Bertz CT molecular complexity index is 520. The standard InChI is InChI=1S/C16H29N5O2.2ClH/c1-5-16(6-2,11-17)15(22)21-9-7-20(8-10-21)12(3)14-18-13(4)19-23-14;;/h12H,5-11,17H2,1-4H3;2*1H. The number of carbonyl (C=O) groups is 1. The monoisotopic (exact) mass is 395 g/mol. The maximum Gasteiger partial charge on any atom is 0.243 e. The Morgan fingerprint density at radius 2 is 1.80 bits per heavy atom. The highest BCUT2D eigenvalue weighted by atomic mass is 35.5. The van der Waals surface area contributed by atoms with Crippen molar-refractivity contribution in [2.45, 2.75) is 46.6 Å². The van der Waals surface area contributed by atoms with E-state index in [1.54, 1.807) is 0 Å². The average Bonchev–Trinajstić information content (AvgIpc) is 3.03. The Kier molecular flexibility index (Phi) is 9.94. The Hall–Kier alpha value is -0.890. The van der Waals surface area contributed by atoms with E-state index in [4.69, 9.17) is 10.3 Å². The van der Waals surface area contributed by atoms with Crippen molar-refractivity contribution in [2.24, 2.45) is 11.1 Å². The largest absolute Gasteiger partial charge is 0.340 e. The highest BCUT2D eigenvalue weighted by molar-refractivity contribution is 5.85. The van der Waals surface area contributed by atoms with Crippen LogP contribution in [0, 0.1) is 12.3 Å². The van der Waals surface area contributed by atoms with Gasteiger partial charge in [-0.1, -0.05) is 19.0 Å². The van der Waals surface area contributed by atoms with E-state index in [1.807, 2.05) is 25.7 Å². The first-order valence-electron chi connectivity index (χ1n) is 8.51. The number of hydrogen-bond donors (Lipinski definition) is 1. The summed E-state index contributed by atoms with van der Waals surface area (Å²) in [5, 5.41) is 3.85. The summed E-state index contributed by atoms with van der Waals surface area (Å²) < 4.78 is 5.26. The van der Waals surface area contributed by atoms with Crippen molar-refractivity contribution in [1.29, 1.82) is 0 Å². The quantitative estimate of drug-likeness (QED) is 0.793. The lowest BCUT2D eigenvalue weighted by molar-refractivity contribution is -0.144. The summed E-state index contributed by atoms with van der Waals surface area (Å²) in [6, 6.07) is 0.0741. The molecular weight excluding hydrogens is 365 g/mol. The van der Waals surface area contributed by atoms with Crippen LogP contribution in [0.25, 0.3) is 0 Å². The molecule has 1 unspecified atom stereocenters. The molecule has 1 aliphatic rings. The first kappa shape index (κ1) is 24.1. The minimum absolute atomic E-state index is 0. The molecule has 0 aliphatic carbocycles. The number of amides is 1. The van der Waals surface area contributed by atoms with Gasteiger partial charge < -0.3 is 15.2 Å². The van der Waals surface area contributed by atoms with Gasteiger partial charge in [-0.3, -0.25) is 9.69 Å². The summed E-state index contributed by atoms with van der Waals surface area (Å²) >= 11 is 0. The highest BCUT2D eigenvalue weighted by Crippen LogP contribution is 2.29. The first-order valence-corrected chi connectivity index (χ1v) is 8.51. The molecule has 0 spiro atoms. The van der Waals surface area contributed by atoms with Gasteiger partial charge >= 0.3 is 0 Å². The van der Waals surface area contributed by atoms with Crippen molar-refractivity contribution in [1.82, 2.24) is 19.9 Å². The van der Waals surface area contributed by atoms with Crippen LogP contribution < -0.4 is 5.73 Å². The Morgan fingerprint density at radius 3 is 2.20 bits per heavy atom. The molecule has 7 nitrogen and oxygen atoms in total. The molecule has 0 saturated carbocycles. The molecule has 1 amide bonds. The van der Waals surface area contributed by atoms with E-state index in [2.05, 4.69) is 22.0 Å². The van der Waals surface area contributed by atoms with Gasteiger partial charge in [0.1, 0.15) is 0 Å². The molecular formula is C16H31Cl2N5O2. The second-order valence-corrected chi connectivity index (χ2v) is 6.38. The lowest BCUT2D eigenvalue weighted by Gasteiger charge is -2.41. The van der Waals surface area contributed by atoms with Gasteiger partial charge in [-0.15, -0.1) is 24.8 Å². The molecule has 1 aromatic rings. The van der Waals surface area contributed by atoms with E-state index in [1.165, 1.54) is 0 Å². The average molecular weight is 396 g/mol. The second-order valence-electron chi connectivity index (χ2n) is 6.38. The Labute approximate surface area is 162 Å². The molecule has 1 saturated heterocycles. The van der Waals surface area contributed by atoms with Crippen molar-refractivity contribution in [3.63, 3.8) is 0 Å². The third-order valence-electron chi connectivity index (χ3n) is 5.25. The minimum Gasteiger partial charge on any atom is -0.340 e. The van der Waals surface area contributed by atoms with Gasteiger partial charge in [0, 0.05) is 32.7 Å².